The Morgan fingerprint density at radius 2 is 2.25 bits per heavy atom. The summed E-state index contributed by atoms with van der Waals surface area (Å²) in [7, 11) is 1.77. The predicted molar refractivity (Wildman–Crippen MR) is 82.3 cm³/mol. The van der Waals surface area contributed by atoms with Crippen molar-refractivity contribution in [2.24, 2.45) is 5.92 Å². The highest BCUT2D eigenvalue weighted by atomic mass is 16.5. The summed E-state index contributed by atoms with van der Waals surface area (Å²) in [6.07, 6.45) is 3.27. The lowest BCUT2D eigenvalue weighted by Gasteiger charge is -2.26. The maximum Gasteiger partial charge on any atom is 0.122 e. The molecule has 112 valence electrons. The molecule has 0 fully saturated rings. The molecule has 3 nitrogen and oxygen atoms in total. The van der Waals surface area contributed by atoms with Gasteiger partial charge in [-0.25, -0.2) is 0 Å². The lowest BCUT2D eigenvalue weighted by atomic mass is 9.90. The van der Waals surface area contributed by atoms with Crippen molar-refractivity contribution in [3.8, 4) is 5.75 Å². The van der Waals surface area contributed by atoms with Crippen molar-refractivity contribution in [3.63, 3.8) is 0 Å². The van der Waals surface area contributed by atoms with Gasteiger partial charge in [0.25, 0.3) is 0 Å². The second kappa shape index (κ2) is 7.65. The minimum atomic E-state index is 0.399. The van der Waals surface area contributed by atoms with E-state index in [1.165, 1.54) is 11.1 Å². The zero-order valence-electron chi connectivity index (χ0n) is 12.9. The molecule has 0 aliphatic carbocycles. The molecule has 0 radical (unpaired) electrons. The maximum absolute atomic E-state index is 5.60. The SMILES string of the molecule is CCCNC(c1ccc2c(c1)CCO2)C(C)CCOC. The summed E-state index contributed by atoms with van der Waals surface area (Å²) in [6.45, 7) is 7.21. The fraction of sp³-hybridized carbons (Fsp3) is 0.647. The first-order valence-corrected chi connectivity index (χ1v) is 7.74. The Kier molecular flexibility index (Phi) is 5.86. The summed E-state index contributed by atoms with van der Waals surface area (Å²) < 4.78 is 10.8. The Hall–Kier alpha value is -1.06. The van der Waals surface area contributed by atoms with E-state index in [-0.39, 0.29) is 0 Å². The molecule has 1 aromatic rings. The average Bonchev–Trinajstić information content (AvgIpc) is 2.93. The standard InChI is InChI=1S/C17H27NO2/c1-4-9-18-17(13(2)7-10-19-3)15-5-6-16-14(12-15)8-11-20-16/h5-6,12-13,17-18H,4,7-11H2,1-3H3. The summed E-state index contributed by atoms with van der Waals surface area (Å²) in [4.78, 5) is 0. The highest BCUT2D eigenvalue weighted by molar-refractivity contribution is 5.41. The fourth-order valence-corrected chi connectivity index (χ4v) is 2.82. The molecule has 0 bridgehead atoms. The Balaban J connectivity index is 2.12. The molecule has 0 amide bonds. The molecule has 2 unspecified atom stereocenters. The molecule has 0 spiro atoms. The van der Waals surface area contributed by atoms with Crippen molar-refractivity contribution in [2.45, 2.75) is 39.2 Å². The number of hydrogen-bond acceptors (Lipinski definition) is 3. The third-order valence-electron chi connectivity index (χ3n) is 4.03. The van der Waals surface area contributed by atoms with E-state index in [0.717, 1.165) is 44.8 Å². The largest absolute Gasteiger partial charge is 0.493 e. The zero-order valence-corrected chi connectivity index (χ0v) is 12.9. The summed E-state index contributed by atoms with van der Waals surface area (Å²) in [5, 5.41) is 3.69. The Labute approximate surface area is 122 Å². The van der Waals surface area contributed by atoms with Crippen molar-refractivity contribution in [3.05, 3.63) is 29.3 Å². The van der Waals surface area contributed by atoms with E-state index in [0.29, 0.717) is 12.0 Å². The van der Waals surface area contributed by atoms with Crippen molar-refractivity contribution >= 4 is 0 Å². The lowest BCUT2D eigenvalue weighted by molar-refractivity contribution is 0.170. The van der Waals surface area contributed by atoms with Crippen molar-refractivity contribution in [2.75, 3.05) is 26.9 Å². The van der Waals surface area contributed by atoms with Crippen LogP contribution in [0.5, 0.6) is 5.75 Å². The average molecular weight is 277 g/mol. The van der Waals surface area contributed by atoms with Crippen molar-refractivity contribution < 1.29 is 9.47 Å². The number of methoxy groups -OCH3 is 1. The molecule has 1 N–H and O–H groups in total. The molecule has 0 saturated carbocycles. The van der Waals surface area contributed by atoms with Gasteiger partial charge in [-0.2, -0.15) is 0 Å². The Bertz CT molecular complexity index is 419. The van der Waals surface area contributed by atoms with Gasteiger partial charge in [-0.1, -0.05) is 26.0 Å². The van der Waals surface area contributed by atoms with E-state index >= 15 is 0 Å². The number of rotatable bonds is 8. The zero-order chi connectivity index (χ0) is 14.4. The molecule has 0 aromatic heterocycles. The molecule has 2 rings (SSSR count). The van der Waals surface area contributed by atoms with Crippen LogP contribution in [0, 0.1) is 5.92 Å². The van der Waals surface area contributed by atoms with E-state index in [1.807, 2.05) is 0 Å². The van der Waals surface area contributed by atoms with Crippen LogP contribution in [0.25, 0.3) is 0 Å². The van der Waals surface area contributed by atoms with Crippen molar-refractivity contribution in [1.29, 1.82) is 0 Å². The van der Waals surface area contributed by atoms with Crippen LogP contribution in [0.2, 0.25) is 0 Å². The highest BCUT2D eigenvalue weighted by Crippen LogP contribution is 2.31. The van der Waals surface area contributed by atoms with Crippen LogP contribution >= 0.6 is 0 Å². The van der Waals surface area contributed by atoms with Gasteiger partial charge >= 0.3 is 0 Å². The monoisotopic (exact) mass is 277 g/mol. The van der Waals surface area contributed by atoms with Gasteiger partial charge in [-0.15, -0.1) is 0 Å². The molecule has 2 atom stereocenters. The maximum atomic E-state index is 5.60. The van der Waals surface area contributed by atoms with E-state index in [4.69, 9.17) is 9.47 Å². The lowest BCUT2D eigenvalue weighted by Crippen LogP contribution is -2.28. The van der Waals surface area contributed by atoms with Gasteiger partial charge in [-0.3, -0.25) is 0 Å². The van der Waals surface area contributed by atoms with Gasteiger partial charge in [0.05, 0.1) is 6.61 Å². The molecule has 1 aromatic carbocycles. The number of hydrogen-bond donors (Lipinski definition) is 1. The first kappa shape index (κ1) is 15.3. The van der Waals surface area contributed by atoms with Crippen LogP contribution in [-0.2, 0) is 11.2 Å². The van der Waals surface area contributed by atoms with Gasteiger partial charge in [0, 0.05) is 26.2 Å². The van der Waals surface area contributed by atoms with Crippen molar-refractivity contribution in [1.82, 2.24) is 5.32 Å². The first-order valence-electron chi connectivity index (χ1n) is 7.74. The summed E-state index contributed by atoms with van der Waals surface area (Å²) >= 11 is 0. The third-order valence-corrected chi connectivity index (χ3v) is 4.03. The van der Waals surface area contributed by atoms with E-state index < -0.39 is 0 Å². The Morgan fingerprint density at radius 3 is 3.00 bits per heavy atom. The third kappa shape index (κ3) is 3.74. The molecule has 1 aliphatic heterocycles. The minimum Gasteiger partial charge on any atom is -0.493 e. The molecule has 1 heterocycles. The van der Waals surface area contributed by atoms with Gasteiger partial charge in [0.15, 0.2) is 0 Å². The molecule has 20 heavy (non-hydrogen) atoms. The number of ether oxygens (including phenoxy) is 2. The second-order valence-electron chi connectivity index (χ2n) is 5.66. The molecular formula is C17H27NO2. The second-order valence-corrected chi connectivity index (χ2v) is 5.66. The van der Waals surface area contributed by atoms with Gasteiger partial charge in [0.2, 0.25) is 0 Å². The molecule has 3 heteroatoms. The molecular weight excluding hydrogens is 250 g/mol. The smallest absolute Gasteiger partial charge is 0.122 e. The summed E-state index contributed by atoms with van der Waals surface area (Å²) in [5.74, 6) is 1.62. The molecule has 0 saturated heterocycles. The van der Waals surface area contributed by atoms with E-state index in [2.05, 4.69) is 37.4 Å². The fourth-order valence-electron chi connectivity index (χ4n) is 2.82. The minimum absolute atomic E-state index is 0.399. The summed E-state index contributed by atoms with van der Waals surface area (Å²) in [6, 6.07) is 7.05. The topological polar surface area (TPSA) is 30.5 Å². The highest BCUT2D eigenvalue weighted by Gasteiger charge is 2.21. The first-order chi connectivity index (χ1) is 9.76. The van der Waals surface area contributed by atoms with Crippen LogP contribution in [-0.4, -0.2) is 26.9 Å². The normalized spacial score (nSPS) is 16.6. The van der Waals surface area contributed by atoms with E-state index in [9.17, 15) is 0 Å². The van der Waals surface area contributed by atoms with Crippen LogP contribution in [0.15, 0.2) is 18.2 Å². The van der Waals surface area contributed by atoms with Gasteiger partial charge in [-0.05, 0) is 42.5 Å². The van der Waals surface area contributed by atoms with Crippen LogP contribution in [0.1, 0.15) is 43.9 Å². The summed E-state index contributed by atoms with van der Waals surface area (Å²) in [5.41, 5.74) is 2.73. The van der Waals surface area contributed by atoms with Gasteiger partial charge < -0.3 is 14.8 Å². The molecule has 1 aliphatic rings. The quantitative estimate of drug-likeness (QED) is 0.790. The predicted octanol–water partition coefficient (Wildman–Crippen LogP) is 3.33. The van der Waals surface area contributed by atoms with E-state index in [1.54, 1.807) is 7.11 Å². The van der Waals surface area contributed by atoms with Gasteiger partial charge in [0.1, 0.15) is 5.75 Å². The number of nitrogens with one attached hydrogen (secondary N) is 1. The van der Waals surface area contributed by atoms with Crippen LogP contribution in [0.4, 0.5) is 0 Å². The van der Waals surface area contributed by atoms with Crippen LogP contribution < -0.4 is 10.1 Å². The van der Waals surface area contributed by atoms with Crippen LogP contribution in [0.3, 0.4) is 0 Å². The number of fused-ring (bicyclic) bond motifs is 1. The Morgan fingerprint density at radius 1 is 1.40 bits per heavy atom. The number of benzene rings is 1.